The lowest BCUT2D eigenvalue weighted by atomic mass is 9.82. The zero-order valence-electron chi connectivity index (χ0n) is 10.9. The Morgan fingerprint density at radius 1 is 1.44 bits per heavy atom. The average molecular weight is 222 g/mol. The van der Waals surface area contributed by atoms with Crippen molar-refractivity contribution in [2.75, 3.05) is 0 Å². The molecular formula is C13H22N2O. The second kappa shape index (κ2) is 3.33. The minimum Gasteiger partial charge on any atom is -0.392 e. The van der Waals surface area contributed by atoms with Crippen molar-refractivity contribution in [2.45, 2.75) is 57.5 Å². The van der Waals surface area contributed by atoms with Gasteiger partial charge in [0, 0.05) is 29.6 Å². The highest BCUT2D eigenvalue weighted by Gasteiger charge is 2.51. The smallest absolute Gasteiger partial charge is 0.0716 e. The number of hydrogen-bond donors (Lipinski definition) is 1. The second-order valence-corrected chi connectivity index (χ2v) is 6.15. The molecule has 0 saturated heterocycles. The van der Waals surface area contributed by atoms with Crippen molar-refractivity contribution >= 4 is 0 Å². The van der Waals surface area contributed by atoms with Crippen LogP contribution in [0.15, 0.2) is 6.20 Å². The van der Waals surface area contributed by atoms with Crippen LogP contribution in [0.2, 0.25) is 0 Å². The van der Waals surface area contributed by atoms with E-state index in [1.165, 1.54) is 5.56 Å². The fourth-order valence-corrected chi connectivity index (χ4v) is 2.45. The first kappa shape index (κ1) is 11.6. The fraction of sp³-hybridized carbons (Fsp3) is 0.769. The van der Waals surface area contributed by atoms with Gasteiger partial charge in [-0.15, -0.1) is 0 Å². The van der Waals surface area contributed by atoms with Gasteiger partial charge in [0.25, 0.3) is 0 Å². The van der Waals surface area contributed by atoms with Crippen LogP contribution in [-0.2, 0) is 17.9 Å². The van der Waals surface area contributed by atoms with E-state index in [9.17, 15) is 5.11 Å². The zero-order valence-corrected chi connectivity index (χ0v) is 10.9. The molecule has 1 saturated carbocycles. The molecule has 2 rings (SSSR count). The third-order valence-corrected chi connectivity index (χ3v) is 3.66. The molecule has 1 aromatic rings. The summed E-state index contributed by atoms with van der Waals surface area (Å²) in [5.41, 5.74) is 2.41. The van der Waals surface area contributed by atoms with Gasteiger partial charge in [0.1, 0.15) is 0 Å². The molecule has 16 heavy (non-hydrogen) atoms. The van der Waals surface area contributed by atoms with Gasteiger partial charge >= 0.3 is 0 Å². The largest absolute Gasteiger partial charge is 0.392 e. The lowest BCUT2D eigenvalue weighted by Gasteiger charge is -2.24. The highest BCUT2D eigenvalue weighted by molar-refractivity contribution is 5.38. The van der Waals surface area contributed by atoms with E-state index in [-0.39, 0.29) is 16.9 Å². The minimum atomic E-state index is -0.280. The lowest BCUT2D eigenvalue weighted by molar-refractivity contribution is 0.150. The van der Waals surface area contributed by atoms with E-state index in [0.29, 0.717) is 0 Å². The van der Waals surface area contributed by atoms with Crippen molar-refractivity contribution in [2.24, 2.45) is 7.05 Å². The molecule has 3 nitrogen and oxygen atoms in total. The van der Waals surface area contributed by atoms with Gasteiger partial charge in [-0.05, 0) is 19.8 Å². The number of aliphatic hydroxyl groups excluding tert-OH is 1. The molecule has 1 atom stereocenters. The Hall–Kier alpha value is -0.830. The Morgan fingerprint density at radius 3 is 2.38 bits per heavy atom. The number of aromatic nitrogens is 2. The molecular weight excluding hydrogens is 200 g/mol. The minimum absolute atomic E-state index is 0.0170. The predicted molar refractivity (Wildman–Crippen MR) is 64.5 cm³/mol. The van der Waals surface area contributed by atoms with Gasteiger partial charge in [-0.25, -0.2) is 0 Å². The van der Waals surface area contributed by atoms with Gasteiger partial charge in [-0.1, -0.05) is 20.8 Å². The Morgan fingerprint density at radius 2 is 2.00 bits per heavy atom. The van der Waals surface area contributed by atoms with Crippen LogP contribution in [0.25, 0.3) is 0 Å². The molecule has 0 spiro atoms. The molecule has 1 fully saturated rings. The van der Waals surface area contributed by atoms with Crippen LogP contribution >= 0.6 is 0 Å². The lowest BCUT2D eigenvalue weighted by Crippen LogP contribution is -2.26. The average Bonchev–Trinajstić information content (AvgIpc) is 2.83. The Balaban J connectivity index is 2.50. The molecule has 1 N–H and O–H groups in total. The van der Waals surface area contributed by atoms with Gasteiger partial charge in [0.2, 0.25) is 0 Å². The standard InChI is InChI=1S/C13H22N2O/c1-9(16)13(6-7-13)10-8-15(5)14-11(10)12(2,3)4/h8-9,16H,6-7H2,1-5H3. The third kappa shape index (κ3) is 1.67. The SMILES string of the molecule is CC(O)C1(c2cn(C)nc2C(C)(C)C)CC1. The van der Waals surface area contributed by atoms with E-state index in [1.54, 1.807) is 0 Å². The monoisotopic (exact) mass is 222 g/mol. The number of rotatable bonds is 2. The Labute approximate surface area is 97.5 Å². The summed E-state index contributed by atoms with van der Waals surface area (Å²) in [4.78, 5) is 0. The van der Waals surface area contributed by atoms with E-state index in [0.717, 1.165) is 18.5 Å². The Bertz CT molecular complexity index is 395. The first-order valence-corrected chi connectivity index (χ1v) is 6.00. The number of aliphatic hydroxyl groups is 1. The third-order valence-electron chi connectivity index (χ3n) is 3.66. The maximum Gasteiger partial charge on any atom is 0.0716 e. The maximum absolute atomic E-state index is 9.96. The van der Waals surface area contributed by atoms with Crippen molar-refractivity contribution in [1.29, 1.82) is 0 Å². The van der Waals surface area contributed by atoms with E-state index < -0.39 is 0 Å². The number of aryl methyl sites for hydroxylation is 1. The van der Waals surface area contributed by atoms with Gasteiger partial charge in [0.15, 0.2) is 0 Å². The number of hydrogen-bond acceptors (Lipinski definition) is 2. The highest BCUT2D eigenvalue weighted by Crippen LogP contribution is 2.53. The van der Waals surface area contributed by atoms with Gasteiger partial charge in [0.05, 0.1) is 11.8 Å². The van der Waals surface area contributed by atoms with Crippen molar-refractivity contribution in [3.05, 3.63) is 17.5 Å². The van der Waals surface area contributed by atoms with Gasteiger partial charge in [-0.2, -0.15) is 5.10 Å². The topological polar surface area (TPSA) is 38.0 Å². The Kier molecular flexibility index (Phi) is 2.42. The first-order chi connectivity index (χ1) is 7.27. The molecule has 0 aromatic carbocycles. The molecule has 0 bridgehead atoms. The van der Waals surface area contributed by atoms with E-state index >= 15 is 0 Å². The van der Waals surface area contributed by atoms with E-state index in [1.807, 2.05) is 18.7 Å². The molecule has 1 aromatic heterocycles. The summed E-state index contributed by atoms with van der Waals surface area (Å²) in [6.07, 6.45) is 3.97. The molecule has 0 aliphatic heterocycles. The summed E-state index contributed by atoms with van der Waals surface area (Å²) in [6.45, 7) is 8.43. The van der Waals surface area contributed by atoms with Crippen LogP contribution in [0.1, 0.15) is 51.8 Å². The van der Waals surface area contributed by atoms with Gasteiger partial charge in [-0.3, -0.25) is 4.68 Å². The molecule has 1 heterocycles. The quantitative estimate of drug-likeness (QED) is 0.832. The van der Waals surface area contributed by atoms with E-state index in [2.05, 4.69) is 32.1 Å². The van der Waals surface area contributed by atoms with Crippen molar-refractivity contribution < 1.29 is 5.11 Å². The van der Waals surface area contributed by atoms with Crippen LogP contribution in [0, 0.1) is 0 Å². The van der Waals surface area contributed by atoms with Crippen molar-refractivity contribution in [3.8, 4) is 0 Å². The van der Waals surface area contributed by atoms with Crippen LogP contribution in [0.4, 0.5) is 0 Å². The highest BCUT2D eigenvalue weighted by atomic mass is 16.3. The molecule has 0 radical (unpaired) electrons. The molecule has 3 heteroatoms. The van der Waals surface area contributed by atoms with Crippen LogP contribution < -0.4 is 0 Å². The molecule has 1 aliphatic rings. The summed E-state index contributed by atoms with van der Waals surface area (Å²) >= 11 is 0. The van der Waals surface area contributed by atoms with Crippen molar-refractivity contribution in [1.82, 2.24) is 9.78 Å². The van der Waals surface area contributed by atoms with Gasteiger partial charge < -0.3 is 5.11 Å². The van der Waals surface area contributed by atoms with Crippen LogP contribution in [-0.4, -0.2) is 21.0 Å². The number of nitrogens with zero attached hydrogens (tertiary/aromatic N) is 2. The molecule has 1 unspecified atom stereocenters. The first-order valence-electron chi connectivity index (χ1n) is 6.00. The van der Waals surface area contributed by atoms with Crippen LogP contribution in [0.3, 0.4) is 0 Å². The van der Waals surface area contributed by atoms with Crippen LogP contribution in [0.5, 0.6) is 0 Å². The molecule has 90 valence electrons. The summed E-state index contributed by atoms with van der Waals surface area (Å²) < 4.78 is 1.87. The summed E-state index contributed by atoms with van der Waals surface area (Å²) in [5, 5.41) is 14.5. The maximum atomic E-state index is 9.96. The summed E-state index contributed by atoms with van der Waals surface area (Å²) in [7, 11) is 1.96. The summed E-state index contributed by atoms with van der Waals surface area (Å²) in [5.74, 6) is 0. The zero-order chi connectivity index (χ0) is 12.1. The summed E-state index contributed by atoms with van der Waals surface area (Å²) in [6, 6.07) is 0. The fourth-order valence-electron chi connectivity index (χ4n) is 2.45. The predicted octanol–water partition coefficient (Wildman–Crippen LogP) is 2.13. The van der Waals surface area contributed by atoms with Crippen molar-refractivity contribution in [3.63, 3.8) is 0 Å². The molecule has 1 aliphatic carbocycles. The second-order valence-electron chi connectivity index (χ2n) is 6.15. The molecule has 0 amide bonds. The normalized spacial score (nSPS) is 20.9. The van der Waals surface area contributed by atoms with E-state index in [4.69, 9.17) is 0 Å².